The van der Waals surface area contributed by atoms with Gasteiger partial charge < -0.3 is 5.11 Å². The summed E-state index contributed by atoms with van der Waals surface area (Å²) in [6, 6.07) is 12.0. The Balaban J connectivity index is 2.48. The Labute approximate surface area is 134 Å². The van der Waals surface area contributed by atoms with Crippen LogP contribution in [0.1, 0.15) is 28.4 Å². The Bertz CT molecular complexity index is 899. The summed E-state index contributed by atoms with van der Waals surface area (Å²) in [7, 11) is -3.96. The lowest BCUT2D eigenvalue weighted by Gasteiger charge is -2.12. The van der Waals surface area contributed by atoms with Crippen LogP contribution in [0.2, 0.25) is 0 Å². The molecule has 0 saturated heterocycles. The SMILES string of the molecule is CCc1ccc(C(=O)O)cc1S(=O)(=O)Nc1cccc(C#N)c1. The third-order valence-corrected chi connectivity index (χ3v) is 4.69. The Kier molecular flexibility index (Phi) is 4.67. The normalized spacial score (nSPS) is 10.8. The number of aromatic carboxylic acids is 1. The lowest BCUT2D eigenvalue weighted by atomic mass is 10.1. The van der Waals surface area contributed by atoms with E-state index in [1.165, 1.54) is 24.3 Å². The van der Waals surface area contributed by atoms with E-state index in [1.807, 2.05) is 6.07 Å². The van der Waals surface area contributed by atoms with Crippen molar-refractivity contribution in [2.24, 2.45) is 0 Å². The maximum atomic E-state index is 12.6. The van der Waals surface area contributed by atoms with Gasteiger partial charge in [0.25, 0.3) is 10.0 Å². The minimum Gasteiger partial charge on any atom is -0.478 e. The molecule has 0 heterocycles. The van der Waals surface area contributed by atoms with Crippen molar-refractivity contribution in [1.82, 2.24) is 0 Å². The molecule has 2 aromatic rings. The Morgan fingerprint density at radius 1 is 1.26 bits per heavy atom. The molecule has 2 N–H and O–H groups in total. The van der Waals surface area contributed by atoms with Crippen LogP contribution in [0.15, 0.2) is 47.4 Å². The predicted molar refractivity (Wildman–Crippen MR) is 84.7 cm³/mol. The van der Waals surface area contributed by atoms with E-state index in [-0.39, 0.29) is 16.1 Å². The summed E-state index contributed by atoms with van der Waals surface area (Å²) in [5.74, 6) is -1.20. The van der Waals surface area contributed by atoms with Crippen LogP contribution in [-0.4, -0.2) is 19.5 Å². The van der Waals surface area contributed by atoms with Crippen molar-refractivity contribution < 1.29 is 18.3 Å². The van der Waals surface area contributed by atoms with Gasteiger partial charge in [-0.3, -0.25) is 4.72 Å². The summed E-state index contributed by atoms with van der Waals surface area (Å²) < 4.78 is 27.5. The number of hydrogen-bond acceptors (Lipinski definition) is 4. The number of carboxylic acids is 1. The highest BCUT2D eigenvalue weighted by atomic mass is 32.2. The molecular formula is C16H14N2O4S. The van der Waals surface area contributed by atoms with Crippen LogP contribution < -0.4 is 4.72 Å². The van der Waals surface area contributed by atoms with Gasteiger partial charge in [-0.05, 0) is 42.3 Å². The molecule has 0 amide bonds. The molecular weight excluding hydrogens is 316 g/mol. The second-order valence-electron chi connectivity index (χ2n) is 4.78. The number of nitrogens with zero attached hydrogens (tertiary/aromatic N) is 1. The van der Waals surface area contributed by atoms with Crippen LogP contribution in [0.25, 0.3) is 0 Å². The second-order valence-corrected chi connectivity index (χ2v) is 6.43. The highest BCUT2D eigenvalue weighted by Gasteiger charge is 2.20. The third kappa shape index (κ3) is 3.67. The van der Waals surface area contributed by atoms with Crippen LogP contribution >= 0.6 is 0 Å². The topological polar surface area (TPSA) is 107 Å². The number of nitriles is 1. The van der Waals surface area contributed by atoms with Crippen molar-refractivity contribution >= 4 is 21.7 Å². The first kappa shape index (κ1) is 16.5. The van der Waals surface area contributed by atoms with Gasteiger partial charge in [-0.15, -0.1) is 0 Å². The minimum atomic E-state index is -3.96. The van der Waals surface area contributed by atoms with E-state index in [1.54, 1.807) is 19.1 Å². The van der Waals surface area contributed by atoms with Crippen molar-refractivity contribution in [1.29, 1.82) is 5.26 Å². The summed E-state index contributed by atoms with van der Waals surface area (Å²) in [6.45, 7) is 1.78. The first-order valence-corrected chi connectivity index (χ1v) is 8.25. The van der Waals surface area contributed by atoms with E-state index in [2.05, 4.69) is 4.72 Å². The smallest absolute Gasteiger partial charge is 0.335 e. The largest absolute Gasteiger partial charge is 0.478 e. The third-order valence-electron chi connectivity index (χ3n) is 3.23. The molecule has 0 aliphatic rings. The molecule has 0 saturated carbocycles. The van der Waals surface area contributed by atoms with Gasteiger partial charge in [0.1, 0.15) is 0 Å². The van der Waals surface area contributed by atoms with E-state index in [9.17, 15) is 13.2 Å². The van der Waals surface area contributed by atoms with Gasteiger partial charge in [-0.1, -0.05) is 19.1 Å². The van der Waals surface area contributed by atoms with Crippen LogP contribution in [0.4, 0.5) is 5.69 Å². The second kappa shape index (κ2) is 6.50. The quantitative estimate of drug-likeness (QED) is 0.876. The van der Waals surface area contributed by atoms with Gasteiger partial charge in [-0.2, -0.15) is 5.26 Å². The summed E-state index contributed by atoms with van der Waals surface area (Å²) in [5.41, 5.74) is 0.972. The minimum absolute atomic E-state index is 0.0812. The Morgan fingerprint density at radius 2 is 2.00 bits per heavy atom. The predicted octanol–water partition coefficient (Wildman–Crippen LogP) is 2.62. The zero-order chi connectivity index (χ0) is 17.0. The fourth-order valence-electron chi connectivity index (χ4n) is 2.09. The summed E-state index contributed by atoms with van der Waals surface area (Å²) in [5, 5.41) is 17.9. The van der Waals surface area contributed by atoms with Gasteiger partial charge >= 0.3 is 5.97 Å². The van der Waals surface area contributed by atoms with Crippen LogP contribution in [0.5, 0.6) is 0 Å². The maximum absolute atomic E-state index is 12.6. The summed E-state index contributed by atoms with van der Waals surface area (Å²) in [6.07, 6.45) is 0.439. The van der Waals surface area contributed by atoms with Crippen molar-refractivity contribution in [3.8, 4) is 6.07 Å². The number of rotatable bonds is 5. The van der Waals surface area contributed by atoms with Crippen LogP contribution in [0.3, 0.4) is 0 Å². The molecule has 0 unspecified atom stereocenters. The molecule has 0 bridgehead atoms. The van der Waals surface area contributed by atoms with Crippen LogP contribution in [-0.2, 0) is 16.4 Å². The first-order chi connectivity index (χ1) is 10.9. The molecule has 0 radical (unpaired) electrons. The number of nitrogens with one attached hydrogen (secondary N) is 1. The average molecular weight is 330 g/mol. The van der Waals surface area contributed by atoms with E-state index in [0.29, 0.717) is 17.5 Å². The van der Waals surface area contributed by atoms with Gasteiger partial charge in [0.15, 0.2) is 0 Å². The average Bonchev–Trinajstić information content (AvgIpc) is 2.53. The standard InChI is InChI=1S/C16H14N2O4S/c1-2-12-6-7-13(16(19)20)9-15(12)23(21,22)18-14-5-3-4-11(8-14)10-17/h3-9,18H,2H2,1H3,(H,19,20). The fraction of sp³-hybridized carbons (Fsp3) is 0.125. The van der Waals surface area contributed by atoms with Crippen molar-refractivity contribution in [3.63, 3.8) is 0 Å². The number of sulfonamides is 1. The van der Waals surface area contributed by atoms with Gasteiger partial charge in [-0.25, -0.2) is 13.2 Å². The number of aryl methyl sites for hydroxylation is 1. The molecule has 6 nitrogen and oxygen atoms in total. The van der Waals surface area contributed by atoms with E-state index < -0.39 is 16.0 Å². The molecule has 0 aromatic heterocycles. The molecule has 0 aliphatic heterocycles. The Morgan fingerprint density at radius 3 is 2.61 bits per heavy atom. The molecule has 23 heavy (non-hydrogen) atoms. The van der Waals surface area contributed by atoms with Gasteiger partial charge in [0.05, 0.1) is 27.8 Å². The number of hydrogen-bond donors (Lipinski definition) is 2. The number of anilines is 1. The molecule has 118 valence electrons. The first-order valence-electron chi connectivity index (χ1n) is 6.76. The van der Waals surface area contributed by atoms with Gasteiger partial charge in [0.2, 0.25) is 0 Å². The van der Waals surface area contributed by atoms with E-state index >= 15 is 0 Å². The molecule has 0 atom stereocenters. The highest BCUT2D eigenvalue weighted by Crippen LogP contribution is 2.22. The van der Waals surface area contributed by atoms with Crippen molar-refractivity contribution in [3.05, 3.63) is 59.2 Å². The highest BCUT2D eigenvalue weighted by molar-refractivity contribution is 7.92. The molecule has 0 fully saturated rings. The Hall–Kier alpha value is -2.85. The summed E-state index contributed by atoms with van der Waals surface area (Å²) >= 11 is 0. The number of carbonyl (C=O) groups is 1. The molecule has 2 aromatic carbocycles. The maximum Gasteiger partial charge on any atom is 0.335 e. The molecule has 0 spiro atoms. The molecule has 2 rings (SSSR count). The molecule has 0 aliphatic carbocycles. The van der Waals surface area contributed by atoms with Crippen molar-refractivity contribution in [2.75, 3.05) is 4.72 Å². The van der Waals surface area contributed by atoms with Crippen LogP contribution in [0, 0.1) is 11.3 Å². The fourth-order valence-corrected chi connectivity index (χ4v) is 3.48. The number of carboxylic acid groups (broad SMARTS) is 1. The lowest BCUT2D eigenvalue weighted by Crippen LogP contribution is -2.16. The van der Waals surface area contributed by atoms with Gasteiger partial charge in [0, 0.05) is 0 Å². The van der Waals surface area contributed by atoms with E-state index in [0.717, 1.165) is 6.07 Å². The van der Waals surface area contributed by atoms with Crippen molar-refractivity contribution in [2.45, 2.75) is 18.2 Å². The lowest BCUT2D eigenvalue weighted by molar-refractivity contribution is 0.0696. The zero-order valence-corrected chi connectivity index (χ0v) is 13.1. The summed E-state index contributed by atoms with van der Waals surface area (Å²) in [4.78, 5) is 11.0. The monoisotopic (exact) mass is 330 g/mol. The molecule has 7 heteroatoms. The number of benzene rings is 2. The zero-order valence-electron chi connectivity index (χ0n) is 12.3. The van der Waals surface area contributed by atoms with E-state index in [4.69, 9.17) is 10.4 Å².